The van der Waals surface area contributed by atoms with Crippen LogP contribution in [0.2, 0.25) is 0 Å². The second-order valence-corrected chi connectivity index (χ2v) is 10.8. The van der Waals surface area contributed by atoms with Crippen LogP contribution in [0.15, 0.2) is 121 Å². The quantitative estimate of drug-likeness (QED) is 0.199. The van der Waals surface area contributed by atoms with Crippen LogP contribution >= 0.6 is 7.26 Å². The first-order chi connectivity index (χ1) is 17.5. The van der Waals surface area contributed by atoms with E-state index in [1.807, 2.05) is 0 Å². The van der Waals surface area contributed by atoms with Crippen LogP contribution in [0.3, 0.4) is 0 Å². The number of nitro groups is 2. The summed E-state index contributed by atoms with van der Waals surface area (Å²) in [6.45, 7) is 0. The Hall–Kier alpha value is -4.75. The van der Waals surface area contributed by atoms with Crippen LogP contribution < -0.4 is 26.2 Å². The van der Waals surface area contributed by atoms with Gasteiger partial charge in [-0.05, 0) is 48.5 Å². The Morgan fingerprint density at radius 3 is 0.944 bits per heavy atom. The lowest BCUT2D eigenvalue weighted by molar-refractivity contribution is -0.403. The van der Waals surface area contributed by atoms with Crippen molar-refractivity contribution in [2.75, 3.05) is 0 Å². The topological polar surface area (TPSA) is 126 Å². The molecule has 9 nitrogen and oxygen atoms in total. The Bertz CT molecular complexity index is 1240. The average Bonchev–Trinajstić information content (AvgIpc) is 3.44. The zero-order valence-corrected chi connectivity index (χ0v) is 19.8. The van der Waals surface area contributed by atoms with E-state index in [0.29, 0.717) is 0 Å². The summed E-state index contributed by atoms with van der Waals surface area (Å²) in [7, 11) is -1.91. The molecule has 0 aliphatic carbocycles. The van der Waals surface area contributed by atoms with Crippen LogP contribution in [-0.4, -0.2) is 20.0 Å². The van der Waals surface area contributed by atoms with Crippen molar-refractivity contribution < 1.29 is 9.85 Å². The third-order valence-corrected chi connectivity index (χ3v) is 9.62. The second-order valence-electron chi connectivity index (χ2n) is 7.44. The maximum absolute atomic E-state index is 9.85. The molecule has 0 radical (unpaired) electrons. The number of hydrogen-bond acceptors (Lipinski definition) is 6. The Labute approximate surface area is 207 Å². The van der Waals surface area contributed by atoms with Gasteiger partial charge >= 0.3 is 11.9 Å². The Morgan fingerprint density at radius 1 is 0.500 bits per heavy atom. The van der Waals surface area contributed by atoms with Gasteiger partial charge in [0.25, 0.3) is 0 Å². The second kappa shape index (κ2) is 11.1. The van der Waals surface area contributed by atoms with E-state index in [4.69, 9.17) is 0 Å². The molecule has 5 rings (SSSR count). The summed E-state index contributed by atoms with van der Waals surface area (Å²) in [6.07, 6.45) is 0. The van der Waals surface area contributed by atoms with Gasteiger partial charge in [0.05, 0.1) is 0 Å². The third-order valence-electron chi connectivity index (χ3n) is 5.33. The third kappa shape index (κ3) is 5.01. The number of nitrogens with zero attached hydrogens (tertiary/aromatic N) is 5. The van der Waals surface area contributed by atoms with Crippen molar-refractivity contribution in [3.05, 3.63) is 142 Å². The van der Waals surface area contributed by atoms with E-state index in [2.05, 4.69) is 137 Å². The fourth-order valence-electron chi connectivity index (χ4n) is 3.88. The molecule has 0 fully saturated rings. The van der Waals surface area contributed by atoms with E-state index < -0.39 is 29.0 Å². The van der Waals surface area contributed by atoms with E-state index in [1.165, 1.54) is 21.2 Å². The monoisotopic (exact) mass is 497 g/mol. The van der Waals surface area contributed by atoms with Gasteiger partial charge in [0.1, 0.15) is 28.5 Å². The molecule has 36 heavy (non-hydrogen) atoms. The highest BCUT2D eigenvalue weighted by atomic mass is 31.2. The molecule has 4 aromatic carbocycles. The average molecular weight is 497 g/mol. The minimum absolute atomic E-state index is 0.864. The first kappa shape index (κ1) is 24.4. The number of aromatic nitrogens is 3. The number of rotatable bonds is 6. The van der Waals surface area contributed by atoms with Crippen molar-refractivity contribution in [2.45, 2.75) is 0 Å². The van der Waals surface area contributed by atoms with Crippen LogP contribution in [0.1, 0.15) is 0 Å². The van der Waals surface area contributed by atoms with Crippen molar-refractivity contribution in [1.29, 1.82) is 0 Å². The Kier molecular flexibility index (Phi) is 7.53. The largest absolute Gasteiger partial charge is 0.418 e. The van der Waals surface area contributed by atoms with Crippen molar-refractivity contribution in [1.82, 2.24) is 15.2 Å². The van der Waals surface area contributed by atoms with E-state index in [-0.39, 0.29) is 0 Å². The minimum atomic E-state index is -1.91. The molecular formula is C26H20N5O4P. The smallest absolute Gasteiger partial charge is 0.417 e. The molecule has 0 amide bonds. The summed E-state index contributed by atoms with van der Waals surface area (Å²) in [5, 5.41) is 30.9. The molecule has 0 aliphatic heterocycles. The summed E-state index contributed by atoms with van der Waals surface area (Å²) < 4.78 is 0. The molecule has 0 N–H and O–H groups in total. The highest BCUT2D eigenvalue weighted by Crippen LogP contribution is 2.53. The molecule has 1 heterocycles. The van der Waals surface area contributed by atoms with Gasteiger partial charge in [-0.2, -0.15) is 0 Å². The van der Waals surface area contributed by atoms with Crippen LogP contribution in [0.4, 0.5) is 11.9 Å². The van der Waals surface area contributed by atoms with Gasteiger partial charge in [-0.15, -0.1) is 0 Å². The van der Waals surface area contributed by atoms with Crippen molar-refractivity contribution >= 4 is 40.4 Å². The van der Waals surface area contributed by atoms with Crippen LogP contribution in [-0.2, 0) is 0 Å². The first-order valence-corrected chi connectivity index (χ1v) is 12.6. The molecule has 178 valence electrons. The maximum Gasteiger partial charge on any atom is 0.418 e. The lowest BCUT2D eigenvalue weighted by atomic mass is 10.3. The predicted octanol–water partition coefficient (Wildman–Crippen LogP) is 3.56. The lowest BCUT2D eigenvalue weighted by Crippen LogP contribution is -2.38. The molecule has 5 aromatic rings. The zero-order valence-electron chi connectivity index (χ0n) is 18.9. The fourth-order valence-corrected chi connectivity index (χ4v) is 8.15. The summed E-state index contributed by atoms with van der Waals surface area (Å²) in [4.78, 5) is 20.7. The summed E-state index contributed by atoms with van der Waals surface area (Å²) in [6, 6.07) is 43.8. The predicted molar refractivity (Wildman–Crippen MR) is 140 cm³/mol. The highest BCUT2D eigenvalue weighted by Gasteiger charge is 2.47. The Morgan fingerprint density at radius 2 is 0.750 bits per heavy atom. The van der Waals surface area contributed by atoms with Gasteiger partial charge in [-0.25, -0.2) is 0 Å². The molecule has 0 aliphatic rings. The summed E-state index contributed by atoms with van der Waals surface area (Å²) in [5.74, 6) is -1.73. The molecular weight excluding hydrogens is 477 g/mol. The number of benzene rings is 4. The van der Waals surface area contributed by atoms with Crippen molar-refractivity contribution in [3.8, 4) is 0 Å². The molecule has 1 aromatic heterocycles. The van der Waals surface area contributed by atoms with Gasteiger partial charge in [0.15, 0.2) is 0 Å². The van der Waals surface area contributed by atoms with Crippen LogP contribution in [0, 0.1) is 20.2 Å². The van der Waals surface area contributed by atoms with Crippen LogP contribution in [0.5, 0.6) is 0 Å². The van der Waals surface area contributed by atoms with E-state index in [1.54, 1.807) is 0 Å². The summed E-state index contributed by atoms with van der Waals surface area (Å²) >= 11 is 0. The fraction of sp³-hybridized carbons (Fsp3) is 0. The van der Waals surface area contributed by atoms with Gasteiger partial charge in [0, 0.05) is 10.2 Å². The summed E-state index contributed by atoms with van der Waals surface area (Å²) in [5.41, 5.74) is 0. The molecule has 0 spiro atoms. The molecule has 0 saturated heterocycles. The lowest BCUT2D eigenvalue weighted by Gasteiger charge is -2.27. The first-order valence-electron chi connectivity index (χ1n) is 10.8. The van der Waals surface area contributed by atoms with Gasteiger partial charge < -0.3 is 20.2 Å². The standard InChI is InChI=1S/C24H20P.C2N5O4/c1-5-13-21(14-6-1)25(22-15-7-2-8-16-22,23-17-9-3-10-18-23)24-19-11-4-12-20-24;8-6(9)1-3-2(5-4-1)7(10)11/h1-20H;/q+1;-1. The molecule has 0 unspecified atom stereocenters. The maximum atomic E-state index is 9.85. The van der Waals surface area contributed by atoms with Crippen molar-refractivity contribution in [2.24, 2.45) is 0 Å². The molecule has 0 atom stereocenters. The Balaban J connectivity index is 0.000000233. The van der Waals surface area contributed by atoms with E-state index in [0.717, 1.165) is 0 Å². The normalized spacial score (nSPS) is 10.7. The van der Waals surface area contributed by atoms with Crippen molar-refractivity contribution in [3.63, 3.8) is 0 Å². The minimum Gasteiger partial charge on any atom is -0.417 e. The van der Waals surface area contributed by atoms with E-state index in [9.17, 15) is 20.2 Å². The highest BCUT2D eigenvalue weighted by molar-refractivity contribution is 8.01. The number of hydrogen-bond donors (Lipinski definition) is 0. The molecule has 0 saturated carbocycles. The van der Waals surface area contributed by atoms with Gasteiger partial charge in [-0.3, -0.25) is 0 Å². The SMILES string of the molecule is O=[N+]([O-])c1nnc([N+](=O)[O-])[n-]1.c1ccc([P+](c2ccccc2)(c2ccccc2)c2ccccc2)cc1. The zero-order chi connectivity index (χ0) is 25.4. The van der Waals surface area contributed by atoms with Gasteiger partial charge in [-0.1, -0.05) is 87.6 Å². The van der Waals surface area contributed by atoms with Gasteiger partial charge in [0.2, 0.25) is 0 Å². The van der Waals surface area contributed by atoms with E-state index >= 15 is 0 Å². The molecule has 0 bridgehead atoms. The molecule has 10 heteroatoms. The van der Waals surface area contributed by atoms with Crippen LogP contribution in [0.25, 0.3) is 0 Å².